The van der Waals surface area contributed by atoms with Gasteiger partial charge in [-0.05, 0) is 13.0 Å². The second kappa shape index (κ2) is 6.49. The van der Waals surface area contributed by atoms with Gasteiger partial charge in [-0.3, -0.25) is 4.90 Å². The zero-order valence-corrected chi connectivity index (χ0v) is 14.4. The first-order valence-electron chi connectivity index (χ1n) is 8.22. The van der Waals surface area contributed by atoms with Crippen molar-refractivity contribution in [3.8, 4) is 0 Å². The van der Waals surface area contributed by atoms with Gasteiger partial charge in [0.15, 0.2) is 0 Å². The van der Waals surface area contributed by atoms with Gasteiger partial charge >= 0.3 is 6.03 Å². The van der Waals surface area contributed by atoms with Gasteiger partial charge in [0, 0.05) is 58.6 Å². The van der Waals surface area contributed by atoms with Crippen LogP contribution in [0.4, 0.5) is 4.79 Å². The van der Waals surface area contributed by atoms with E-state index in [0.29, 0.717) is 13.2 Å². The maximum absolute atomic E-state index is 12.3. The number of nitrogens with zero attached hydrogens (tertiary/aromatic N) is 5. The zero-order valence-electron chi connectivity index (χ0n) is 14.4. The van der Waals surface area contributed by atoms with E-state index in [2.05, 4.69) is 14.5 Å². The van der Waals surface area contributed by atoms with E-state index in [1.165, 1.54) is 0 Å². The summed E-state index contributed by atoms with van der Waals surface area (Å²) in [6.45, 7) is 5.66. The summed E-state index contributed by atoms with van der Waals surface area (Å²) in [4.78, 5) is 22.8. The van der Waals surface area contributed by atoms with Crippen LogP contribution in [0.5, 0.6) is 0 Å². The fourth-order valence-electron chi connectivity index (χ4n) is 3.60. The molecule has 0 bridgehead atoms. The number of carbonyl (C=O) groups is 1. The van der Waals surface area contributed by atoms with Crippen molar-refractivity contribution < 1.29 is 9.53 Å². The quantitative estimate of drug-likeness (QED) is 0.802. The molecule has 1 aromatic heterocycles. The van der Waals surface area contributed by atoms with Gasteiger partial charge in [0.05, 0.1) is 19.8 Å². The molecule has 7 heteroatoms. The van der Waals surface area contributed by atoms with Gasteiger partial charge in [-0.25, -0.2) is 9.78 Å². The van der Waals surface area contributed by atoms with E-state index in [1.54, 1.807) is 4.90 Å². The van der Waals surface area contributed by atoms with Gasteiger partial charge in [0.25, 0.3) is 0 Å². The lowest BCUT2D eigenvalue weighted by Crippen LogP contribution is -2.46. The molecule has 128 valence electrons. The van der Waals surface area contributed by atoms with Crippen LogP contribution in [-0.4, -0.2) is 83.8 Å². The lowest BCUT2D eigenvalue weighted by atomic mass is 9.87. The number of ether oxygens (including phenoxy) is 1. The van der Waals surface area contributed by atoms with Crippen molar-refractivity contribution in [3.63, 3.8) is 0 Å². The van der Waals surface area contributed by atoms with Crippen molar-refractivity contribution in [3.05, 3.63) is 18.2 Å². The average Bonchev–Trinajstić information content (AvgIpc) is 3.02. The SMILES string of the molecule is CN(C)C(=O)N1CCOCC2(CCN(Cc3nccn3C)C2)C1. The number of carbonyl (C=O) groups excluding carboxylic acids is 1. The Balaban J connectivity index is 1.66. The number of likely N-dealkylation sites (tertiary alicyclic amines) is 1. The first-order valence-corrected chi connectivity index (χ1v) is 8.22. The molecule has 23 heavy (non-hydrogen) atoms. The molecule has 2 amide bonds. The minimum absolute atomic E-state index is 0.0489. The van der Waals surface area contributed by atoms with Crippen molar-refractivity contribution in [2.75, 3.05) is 53.5 Å². The fourth-order valence-corrected chi connectivity index (χ4v) is 3.60. The van der Waals surface area contributed by atoms with E-state index in [1.807, 2.05) is 38.4 Å². The first-order chi connectivity index (χ1) is 11.0. The van der Waals surface area contributed by atoms with Gasteiger partial charge in [0.1, 0.15) is 5.82 Å². The molecule has 0 aliphatic carbocycles. The monoisotopic (exact) mass is 321 g/mol. The maximum Gasteiger partial charge on any atom is 0.319 e. The van der Waals surface area contributed by atoms with Crippen LogP contribution < -0.4 is 0 Å². The summed E-state index contributed by atoms with van der Waals surface area (Å²) in [5, 5.41) is 0. The summed E-state index contributed by atoms with van der Waals surface area (Å²) in [7, 11) is 5.64. The summed E-state index contributed by atoms with van der Waals surface area (Å²) >= 11 is 0. The molecule has 1 spiro atoms. The summed E-state index contributed by atoms with van der Waals surface area (Å²) in [6, 6.07) is 0.0810. The second-order valence-electron chi connectivity index (χ2n) is 7.07. The molecule has 3 rings (SSSR count). The molecule has 2 aliphatic rings. The van der Waals surface area contributed by atoms with E-state index in [-0.39, 0.29) is 11.4 Å². The molecule has 7 nitrogen and oxygen atoms in total. The minimum Gasteiger partial charge on any atom is -0.379 e. The standard InChI is InChI=1S/C16H27N5O2/c1-18(2)15(22)21-8-9-23-13-16(12-21)4-6-20(11-16)10-14-17-5-7-19(14)3/h5,7H,4,6,8-13H2,1-3H3. The predicted molar refractivity (Wildman–Crippen MR) is 87.0 cm³/mol. The number of rotatable bonds is 2. The zero-order chi connectivity index (χ0) is 16.4. The summed E-state index contributed by atoms with van der Waals surface area (Å²) in [5.74, 6) is 1.08. The van der Waals surface area contributed by atoms with Gasteiger partial charge < -0.3 is 19.1 Å². The molecule has 2 aliphatic heterocycles. The molecule has 0 aromatic carbocycles. The summed E-state index contributed by atoms with van der Waals surface area (Å²) in [5.41, 5.74) is 0.0489. The summed E-state index contributed by atoms with van der Waals surface area (Å²) in [6.07, 6.45) is 4.88. The summed E-state index contributed by atoms with van der Waals surface area (Å²) < 4.78 is 7.91. The molecule has 2 saturated heterocycles. The third-order valence-electron chi connectivity index (χ3n) is 4.90. The fraction of sp³-hybridized carbons (Fsp3) is 0.750. The molecule has 3 heterocycles. The third-order valence-corrected chi connectivity index (χ3v) is 4.90. The van der Waals surface area contributed by atoms with Crippen LogP contribution in [0.2, 0.25) is 0 Å². The van der Waals surface area contributed by atoms with Gasteiger partial charge in [-0.15, -0.1) is 0 Å². The Labute approximate surface area is 137 Å². The number of hydrogen-bond acceptors (Lipinski definition) is 4. The highest BCUT2D eigenvalue weighted by Crippen LogP contribution is 2.34. The Bertz CT molecular complexity index is 558. The molecular weight excluding hydrogens is 294 g/mol. The van der Waals surface area contributed by atoms with Gasteiger partial charge in [0.2, 0.25) is 0 Å². The molecule has 1 atom stereocenters. The second-order valence-corrected chi connectivity index (χ2v) is 7.07. The highest BCUT2D eigenvalue weighted by atomic mass is 16.5. The molecule has 1 aromatic rings. The normalized spacial score (nSPS) is 25.8. The highest BCUT2D eigenvalue weighted by Gasteiger charge is 2.42. The van der Waals surface area contributed by atoms with Gasteiger partial charge in [-0.1, -0.05) is 0 Å². The number of aryl methyl sites for hydroxylation is 1. The van der Waals surface area contributed by atoms with Crippen molar-refractivity contribution in [1.82, 2.24) is 24.3 Å². The van der Waals surface area contributed by atoms with E-state index >= 15 is 0 Å². The van der Waals surface area contributed by atoms with Crippen LogP contribution in [0.3, 0.4) is 0 Å². The molecular formula is C16H27N5O2. The molecule has 0 saturated carbocycles. The smallest absolute Gasteiger partial charge is 0.319 e. The predicted octanol–water partition coefficient (Wildman–Crippen LogP) is 0.626. The number of hydrogen-bond donors (Lipinski definition) is 0. The number of imidazole rings is 1. The van der Waals surface area contributed by atoms with Gasteiger partial charge in [-0.2, -0.15) is 0 Å². The largest absolute Gasteiger partial charge is 0.379 e. The molecule has 2 fully saturated rings. The van der Waals surface area contributed by atoms with Crippen molar-refractivity contribution in [2.45, 2.75) is 13.0 Å². The molecule has 0 radical (unpaired) electrons. The van der Waals surface area contributed by atoms with Crippen LogP contribution in [-0.2, 0) is 18.3 Å². The van der Waals surface area contributed by atoms with Crippen LogP contribution >= 0.6 is 0 Å². The van der Waals surface area contributed by atoms with E-state index in [4.69, 9.17) is 4.74 Å². The first kappa shape index (κ1) is 16.3. The Hall–Kier alpha value is -1.60. The van der Waals surface area contributed by atoms with Crippen LogP contribution in [0.1, 0.15) is 12.2 Å². The van der Waals surface area contributed by atoms with E-state index < -0.39 is 0 Å². The van der Waals surface area contributed by atoms with Crippen molar-refractivity contribution in [1.29, 1.82) is 0 Å². The Morgan fingerprint density at radius 3 is 2.91 bits per heavy atom. The van der Waals surface area contributed by atoms with Crippen LogP contribution in [0.15, 0.2) is 12.4 Å². The minimum atomic E-state index is 0.0489. The average molecular weight is 321 g/mol. The Morgan fingerprint density at radius 2 is 2.22 bits per heavy atom. The van der Waals surface area contributed by atoms with Crippen LogP contribution in [0.25, 0.3) is 0 Å². The maximum atomic E-state index is 12.3. The lowest BCUT2D eigenvalue weighted by molar-refractivity contribution is 0.0709. The third kappa shape index (κ3) is 3.50. The Morgan fingerprint density at radius 1 is 1.39 bits per heavy atom. The van der Waals surface area contributed by atoms with E-state index in [0.717, 1.165) is 45.0 Å². The number of urea groups is 1. The lowest BCUT2D eigenvalue weighted by Gasteiger charge is -2.33. The van der Waals surface area contributed by atoms with Crippen molar-refractivity contribution in [2.24, 2.45) is 12.5 Å². The topological polar surface area (TPSA) is 53.8 Å². The van der Waals surface area contributed by atoms with Crippen molar-refractivity contribution >= 4 is 6.03 Å². The Kier molecular flexibility index (Phi) is 4.59. The highest BCUT2D eigenvalue weighted by molar-refractivity contribution is 5.73. The van der Waals surface area contributed by atoms with E-state index in [9.17, 15) is 4.79 Å². The molecule has 1 unspecified atom stereocenters. The molecule has 0 N–H and O–H groups in total. The van der Waals surface area contributed by atoms with Crippen LogP contribution in [0, 0.1) is 5.41 Å². The number of amides is 2. The number of aromatic nitrogens is 2.